The lowest BCUT2D eigenvalue weighted by Crippen LogP contribution is -2.31. The van der Waals surface area contributed by atoms with Crippen molar-refractivity contribution in [3.05, 3.63) is 29.8 Å². The Labute approximate surface area is 109 Å². The smallest absolute Gasteiger partial charge is 0.223 e. The van der Waals surface area contributed by atoms with Crippen molar-refractivity contribution < 1.29 is 4.79 Å². The number of carbonyl (C=O) groups excluding carboxylic acids is 1. The Morgan fingerprint density at radius 3 is 2.94 bits per heavy atom. The molecule has 3 heteroatoms. The van der Waals surface area contributed by atoms with Crippen LogP contribution in [0.3, 0.4) is 0 Å². The molecule has 1 aliphatic heterocycles. The van der Waals surface area contributed by atoms with E-state index in [9.17, 15) is 4.79 Å². The van der Waals surface area contributed by atoms with Crippen LogP contribution in [0, 0.1) is 5.92 Å². The molecule has 0 bridgehead atoms. The minimum Gasteiger partial charge on any atom is -0.399 e. The molecule has 18 heavy (non-hydrogen) atoms. The Balaban J connectivity index is 2.14. The van der Waals surface area contributed by atoms with Crippen molar-refractivity contribution in [3.8, 4) is 0 Å². The summed E-state index contributed by atoms with van der Waals surface area (Å²) in [4.78, 5) is 14.2. The number of rotatable bonds is 3. The van der Waals surface area contributed by atoms with Crippen molar-refractivity contribution in [2.75, 3.05) is 12.3 Å². The molecule has 2 rings (SSSR count). The highest BCUT2D eigenvalue weighted by Gasteiger charge is 2.29. The molecule has 1 fully saturated rings. The standard InChI is InChI=1S/C15H22N2O/c1-11(2)9-15(18)17-8-4-7-14(17)12-5-3-6-13(16)10-12/h3,5-6,10-11,14H,4,7-9,16H2,1-2H3. The summed E-state index contributed by atoms with van der Waals surface area (Å²) in [6.45, 7) is 5.05. The molecule has 0 saturated carbocycles. The second-order valence-electron chi connectivity index (χ2n) is 5.51. The molecule has 0 aromatic heterocycles. The molecule has 1 unspecified atom stereocenters. The van der Waals surface area contributed by atoms with Gasteiger partial charge in [0.05, 0.1) is 6.04 Å². The molecule has 0 spiro atoms. The molecule has 98 valence electrons. The molecule has 1 heterocycles. The van der Waals surface area contributed by atoms with Crippen molar-refractivity contribution in [1.29, 1.82) is 0 Å². The molecule has 3 nitrogen and oxygen atoms in total. The highest BCUT2D eigenvalue weighted by molar-refractivity contribution is 5.77. The minimum absolute atomic E-state index is 0.222. The third-order valence-electron chi connectivity index (χ3n) is 3.45. The number of hydrogen-bond acceptors (Lipinski definition) is 2. The summed E-state index contributed by atoms with van der Waals surface area (Å²) in [5.74, 6) is 0.689. The SMILES string of the molecule is CC(C)CC(=O)N1CCCC1c1cccc(N)c1. The van der Waals surface area contributed by atoms with Gasteiger partial charge in [-0.2, -0.15) is 0 Å². The highest BCUT2D eigenvalue weighted by atomic mass is 16.2. The largest absolute Gasteiger partial charge is 0.399 e. The summed E-state index contributed by atoms with van der Waals surface area (Å²) in [6, 6.07) is 8.14. The van der Waals surface area contributed by atoms with Crippen LogP contribution in [0.1, 0.15) is 44.7 Å². The van der Waals surface area contributed by atoms with Crippen LogP contribution in [0.4, 0.5) is 5.69 Å². The normalized spacial score (nSPS) is 19.5. The van der Waals surface area contributed by atoms with E-state index in [1.807, 2.05) is 23.1 Å². The molecule has 1 amide bonds. The molecule has 0 radical (unpaired) electrons. The van der Waals surface area contributed by atoms with Gasteiger partial charge >= 0.3 is 0 Å². The molecule has 1 aromatic carbocycles. The van der Waals surface area contributed by atoms with E-state index >= 15 is 0 Å². The van der Waals surface area contributed by atoms with Crippen LogP contribution in [0.5, 0.6) is 0 Å². The van der Waals surface area contributed by atoms with Crippen LogP contribution in [-0.2, 0) is 4.79 Å². The van der Waals surface area contributed by atoms with Crippen LogP contribution in [0.2, 0.25) is 0 Å². The lowest BCUT2D eigenvalue weighted by atomic mass is 10.0. The Morgan fingerprint density at radius 1 is 1.50 bits per heavy atom. The van der Waals surface area contributed by atoms with Gasteiger partial charge in [-0.1, -0.05) is 26.0 Å². The average molecular weight is 246 g/mol. The summed E-state index contributed by atoms with van der Waals surface area (Å²) in [5, 5.41) is 0. The predicted octanol–water partition coefficient (Wildman–Crippen LogP) is 2.98. The maximum absolute atomic E-state index is 12.2. The van der Waals surface area contributed by atoms with Gasteiger partial charge in [0.25, 0.3) is 0 Å². The van der Waals surface area contributed by atoms with E-state index in [4.69, 9.17) is 5.73 Å². The van der Waals surface area contributed by atoms with Gasteiger partial charge in [0.1, 0.15) is 0 Å². The van der Waals surface area contributed by atoms with E-state index in [1.165, 1.54) is 5.56 Å². The van der Waals surface area contributed by atoms with Gasteiger partial charge in [0.2, 0.25) is 5.91 Å². The van der Waals surface area contributed by atoms with E-state index < -0.39 is 0 Å². The van der Waals surface area contributed by atoms with Gasteiger partial charge in [-0.05, 0) is 36.5 Å². The monoisotopic (exact) mass is 246 g/mol. The third-order valence-corrected chi connectivity index (χ3v) is 3.45. The summed E-state index contributed by atoms with van der Waals surface area (Å²) < 4.78 is 0. The zero-order valence-electron chi connectivity index (χ0n) is 11.2. The number of benzene rings is 1. The molecule has 1 aliphatic rings. The van der Waals surface area contributed by atoms with Crippen molar-refractivity contribution in [2.45, 2.75) is 39.2 Å². The van der Waals surface area contributed by atoms with Gasteiger partial charge in [0.15, 0.2) is 0 Å². The first-order chi connectivity index (χ1) is 8.58. The number of nitrogens with zero attached hydrogens (tertiary/aromatic N) is 1. The second-order valence-corrected chi connectivity index (χ2v) is 5.51. The minimum atomic E-state index is 0.222. The topological polar surface area (TPSA) is 46.3 Å². The molecule has 1 aromatic rings. The van der Waals surface area contributed by atoms with E-state index in [2.05, 4.69) is 19.9 Å². The predicted molar refractivity (Wildman–Crippen MR) is 74.0 cm³/mol. The van der Waals surface area contributed by atoms with E-state index in [-0.39, 0.29) is 11.9 Å². The lowest BCUT2D eigenvalue weighted by molar-refractivity contribution is -0.132. The van der Waals surface area contributed by atoms with E-state index in [1.54, 1.807) is 0 Å². The summed E-state index contributed by atoms with van der Waals surface area (Å²) in [5.41, 5.74) is 7.77. The number of anilines is 1. The quantitative estimate of drug-likeness (QED) is 0.833. The van der Waals surface area contributed by atoms with Crippen LogP contribution in [-0.4, -0.2) is 17.4 Å². The Hall–Kier alpha value is -1.51. The number of nitrogens with two attached hydrogens (primary N) is 1. The fourth-order valence-electron chi connectivity index (χ4n) is 2.64. The Bertz CT molecular complexity index is 428. The number of nitrogen functional groups attached to an aromatic ring is 1. The van der Waals surface area contributed by atoms with Crippen LogP contribution < -0.4 is 5.73 Å². The first kappa shape index (κ1) is 12.9. The summed E-state index contributed by atoms with van der Waals surface area (Å²) in [7, 11) is 0. The van der Waals surface area contributed by atoms with Crippen LogP contribution >= 0.6 is 0 Å². The van der Waals surface area contributed by atoms with Crippen molar-refractivity contribution in [3.63, 3.8) is 0 Å². The fraction of sp³-hybridized carbons (Fsp3) is 0.533. The van der Waals surface area contributed by atoms with Crippen molar-refractivity contribution >= 4 is 11.6 Å². The average Bonchev–Trinajstić information content (AvgIpc) is 2.76. The molecular formula is C15H22N2O. The summed E-state index contributed by atoms with van der Waals surface area (Å²) >= 11 is 0. The van der Waals surface area contributed by atoms with Gasteiger partial charge in [0, 0.05) is 18.7 Å². The maximum Gasteiger partial charge on any atom is 0.223 e. The van der Waals surface area contributed by atoms with Gasteiger partial charge < -0.3 is 10.6 Å². The van der Waals surface area contributed by atoms with Gasteiger partial charge in [-0.15, -0.1) is 0 Å². The number of hydrogen-bond donors (Lipinski definition) is 1. The lowest BCUT2D eigenvalue weighted by Gasteiger charge is -2.26. The Morgan fingerprint density at radius 2 is 2.28 bits per heavy atom. The van der Waals surface area contributed by atoms with Gasteiger partial charge in [-0.3, -0.25) is 4.79 Å². The Kier molecular flexibility index (Phi) is 3.90. The molecular weight excluding hydrogens is 224 g/mol. The number of carbonyl (C=O) groups is 1. The molecule has 0 aliphatic carbocycles. The molecule has 2 N–H and O–H groups in total. The van der Waals surface area contributed by atoms with E-state index in [0.717, 1.165) is 25.1 Å². The van der Waals surface area contributed by atoms with Crippen molar-refractivity contribution in [2.24, 2.45) is 5.92 Å². The number of amides is 1. The summed E-state index contributed by atoms with van der Waals surface area (Å²) in [6.07, 6.45) is 2.77. The molecule has 1 saturated heterocycles. The first-order valence-electron chi connectivity index (χ1n) is 6.73. The zero-order chi connectivity index (χ0) is 13.1. The molecule has 1 atom stereocenters. The maximum atomic E-state index is 12.2. The fourth-order valence-corrected chi connectivity index (χ4v) is 2.64. The van der Waals surface area contributed by atoms with Gasteiger partial charge in [-0.25, -0.2) is 0 Å². The van der Waals surface area contributed by atoms with Crippen molar-refractivity contribution in [1.82, 2.24) is 4.90 Å². The third kappa shape index (κ3) is 2.84. The van der Waals surface area contributed by atoms with Crippen LogP contribution in [0.25, 0.3) is 0 Å². The van der Waals surface area contributed by atoms with E-state index in [0.29, 0.717) is 12.3 Å². The second kappa shape index (κ2) is 5.42. The zero-order valence-corrected chi connectivity index (χ0v) is 11.2. The van der Waals surface area contributed by atoms with Crippen LogP contribution in [0.15, 0.2) is 24.3 Å². The number of likely N-dealkylation sites (tertiary alicyclic amines) is 1. The highest BCUT2D eigenvalue weighted by Crippen LogP contribution is 2.33. The first-order valence-corrected chi connectivity index (χ1v) is 6.73.